The predicted molar refractivity (Wildman–Crippen MR) is 93.7 cm³/mol. The second-order valence-electron chi connectivity index (χ2n) is 5.31. The highest BCUT2D eigenvalue weighted by atomic mass is 35.5. The molecule has 0 unspecified atom stereocenters. The van der Waals surface area contributed by atoms with Gasteiger partial charge in [0.25, 0.3) is 0 Å². The third-order valence-corrected chi connectivity index (χ3v) is 4.68. The number of halogens is 1. The number of amides is 1. The molecule has 1 aromatic carbocycles. The molecule has 2 rings (SSSR count). The summed E-state index contributed by atoms with van der Waals surface area (Å²) >= 11 is 7.43. The Kier molecular flexibility index (Phi) is 6.63. The van der Waals surface area contributed by atoms with Crippen molar-refractivity contribution >= 4 is 34.8 Å². The fourth-order valence-electron chi connectivity index (χ4n) is 2.10. The van der Waals surface area contributed by atoms with Crippen molar-refractivity contribution in [2.75, 3.05) is 13.7 Å². The molecule has 1 aromatic heterocycles. The highest BCUT2D eigenvalue weighted by Gasteiger charge is 2.10. The number of rotatable bonds is 8. The van der Waals surface area contributed by atoms with Crippen LogP contribution >= 0.6 is 22.9 Å². The first-order valence-electron chi connectivity index (χ1n) is 7.34. The van der Waals surface area contributed by atoms with Crippen molar-refractivity contribution in [3.63, 3.8) is 0 Å². The Morgan fingerprint density at radius 1 is 1.29 bits per heavy atom. The van der Waals surface area contributed by atoms with E-state index in [2.05, 4.69) is 0 Å². The zero-order valence-corrected chi connectivity index (χ0v) is 14.8. The molecule has 1 N–H and O–H groups in total. The number of nitrogens with zero attached hydrogens (tertiary/aromatic N) is 1. The largest absolute Gasteiger partial charge is 0.482 e. The standard InChI is InChI=1S/C17H18ClNO4S/c1-19(16(20)7-6-15-8-13(18)11-24-15)9-12-2-4-14(5-3-12)23-10-17(21)22/h2-5,8,11H,6-7,9-10H2,1H3,(H,21,22). The number of carboxylic acids is 1. The van der Waals surface area contributed by atoms with Gasteiger partial charge in [-0.05, 0) is 30.2 Å². The zero-order chi connectivity index (χ0) is 17.5. The van der Waals surface area contributed by atoms with Gasteiger partial charge in [0.15, 0.2) is 6.61 Å². The van der Waals surface area contributed by atoms with Gasteiger partial charge < -0.3 is 14.7 Å². The second-order valence-corrected chi connectivity index (χ2v) is 6.74. The lowest BCUT2D eigenvalue weighted by molar-refractivity contribution is -0.139. The predicted octanol–water partition coefficient (Wildman–Crippen LogP) is 3.46. The van der Waals surface area contributed by atoms with Gasteiger partial charge in [0.2, 0.25) is 5.91 Å². The van der Waals surface area contributed by atoms with Crippen LogP contribution in [0, 0.1) is 0 Å². The van der Waals surface area contributed by atoms with Crippen LogP contribution in [0.3, 0.4) is 0 Å². The molecule has 0 fully saturated rings. The number of aryl methyl sites for hydroxylation is 1. The molecule has 7 heteroatoms. The topological polar surface area (TPSA) is 66.8 Å². The monoisotopic (exact) mass is 367 g/mol. The van der Waals surface area contributed by atoms with E-state index in [9.17, 15) is 9.59 Å². The summed E-state index contributed by atoms with van der Waals surface area (Å²) in [4.78, 5) is 25.4. The van der Waals surface area contributed by atoms with E-state index in [-0.39, 0.29) is 12.5 Å². The smallest absolute Gasteiger partial charge is 0.341 e. The molecule has 0 aliphatic rings. The van der Waals surface area contributed by atoms with Gasteiger partial charge >= 0.3 is 5.97 Å². The molecule has 2 aromatic rings. The molecular formula is C17H18ClNO4S. The van der Waals surface area contributed by atoms with Crippen molar-refractivity contribution < 1.29 is 19.4 Å². The molecule has 5 nitrogen and oxygen atoms in total. The average Bonchev–Trinajstić information content (AvgIpc) is 2.97. The fourth-order valence-corrected chi connectivity index (χ4v) is 3.18. The maximum atomic E-state index is 12.2. The molecule has 0 saturated carbocycles. The Morgan fingerprint density at radius 3 is 2.58 bits per heavy atom. The Labute approximate surface area is 149 Å². The lowest BCUT2D eigenvalue weighted by Crippen LogP contribution is -2.26. The number of benzene rings is 1. The number of hydrogen-bond donors (Lipinski definition) is 1. The number of ether oxygens (including phenoxy) is 1. The minimum absolute atomic E-state index is 0.0609. The van der Waals surface area contributed by atoms with Crippen LogP contribution in [0.5, 0.6) is 5.75 Å². The van der Waals surface area contributed by atoms with E-state index in [1.165, 1.54) is 0 Å². The summed E-state index contributed by atoms with van der Waals surface area (Å²) in [6.07, 6.45) is 1.12. The van der Waals surface area contributed by atoms with Crippen molar-refractivity contribution in [2.45, 2.75) is 19.4 Å². The molecule has 1 amide bonds. The molecule has 0 saturated heterocycles. The van der Waals surface area contributed by atoms with E-state index in [1.54, 1.807) is 35.4 Å². The Morgan fingerprint density at radius 2 is 2.00 bits per heavy atom. The maximum Gasteiger partial charge on any atom is 0.341 e. The highest BCUT2D eigenvalue weighted by molar-refractivity contribution is 7.10. The zero-order valence-electron chi connectivity index (χ0n) is 13.2. The molecule has 1 heterocycles. The van der Waals surface area contributed by atoms with Crippen molar-refractivity contribution in [3.05, 3.63) is 51.2 Å². The number of thiophene rings is 1. The van der Waals surface area contributed by atoms with Gasteiger partial charge in [-0.15, -0.1) is 11.3 Å². The van der Waals surface area contributed by atoms with Gasteiger partial charge in [-0.1, -0.05) is 23.7 Å². The van der Waals surface area contributed by atoms with Crippen LogP contribution in [0.15, 0.2) is 35.7 Å². The van der Waals surface area contributed by atoms with Crippen LogP contribution in [0.25, 0.3) is 0 Å². The minimum atomic E-state index is -1.02. The number of carbonyl (C=O) groups is 2. The van der Waals surface area contributed by atoms with Gasteiger partial charge in [-0.25, -0.2) is 4.79 Å². The van der Waals surface area contributed by atoms with Gasteiger partial charge in [-0.3, -0.25) is 4.79 Å². The lowest BCUT2D eigenvalue weighted by Gasteiger charge is -2.17. The minimum Gasteiger partial charge on any atom is -0.482 e. The van der Waals surface area contributed by atoms with E-state index in [0.29, 0.717) is 30.2 Å². The second kappa shape index (κ2) is 8.70. The average molecular weight is 368 g/mol. The van der Waals surface area contributed by atoms with E-state index < -0.39 is 5.97 Å². The summed E-state index contributed by atoms with van der Waals surface area (Å²) in [6, 6.07) is 8.92. The van der Waals surface area contributed by atoms with E-state index >= 15 is 0 Å². The van der Waals surface area contributed by atoms with Crippen LogP contribution in [0.2, 0.25) is 5.02 Å². The van der Waals surface area contributed by atoms with Crippen LogP contribution in [-0.2, 0) is 22.6 Å². The molecule has 0 spiro atoms. The van der Waals surface area contributed by atoms with Crippen LogP contribution in [-0.4, -0.2) is 35.5 Å². The Bertz CT molecular complexity index is 699. The molecular weight excluding hydrogens is 350 g/mol. The molecule has 0 aliphatic heterocycles. The summed E-state index contributed by atoms with van der Waals surface area (Å²) in [6.45, 7) is 0.119. The summed E-state index contributed by atoms with van der Waals surface area (Å²) in [5.74, 6) is -0.466. The van der Waals surface area contributed by atoms with Crippen LogP contribution in [0.4, 0.5) is 0 Å². The summed E-state index contributed by atoms with van der Waals surface area (Å²) in [5.41, 5.74) is 0.952. The summed E-state index contributed by atoms with van der Waals surface area (Å²) in [5, 5.41) is 11.1. The third kappa shape index (κ3) is 5.86. The van der Waals surface area contributed by atoms with E-state index in [0.717, 1.165) is 10.4 Å². The van der Waals surface area contributed by atoms with Gasteiger partial charge in [0.1, 0.15) is 5.75 Å². The summed E-state index contributed by atoms with van der Waals surface area (Å²) < 4.78 is 5.07. The fraction of sp³-hybridized carbons (Fsp3) is 0.294. The maximum absolute atomic E-state index is 12.2. The molecule has 24 heavy (non-hydrogen) atoms. The van der Waals surface area contributed by atoms with Gasteiger partial charge in [0.05, 0.1) is 5.02 Å². The Balaban J connectivity index is 1.81. The normalized spacial score (nSPS) is 10.4. The van der Waals surface area contributed by atoms with Crippen LogP contribution < -0.4 is 4.74 Å². The van der Waals surface area contributed by atoms with Gasteiger partial charge in [0, 0.05) is 30.3 Å². The van der Waals surface area contributed by atoms with Crippen molar-refractivity contribution in [3.8, 4) is 5.75 Å². The number of hydrogen-bond acceptors (Lipinski definition) is 4. The van der Waals surface area contributed by atoms with Gasteiger partial charge in [-0.2, -0.15) is 0 Å². The Hall–Kier alpha value is -2.05. The van der Waals surface area contributed by atoms with E-state index in [1.807, 2.05) is 23.6 Å². The molecule has 128 valence electrons. The SMILES string of the molecule is CN(Cc1ccc(OCC(=O)O)cc1)C(=O)CCc1cc(Cl)cs1. The molecule has 0 aliphatic carbocycles. The van der Waals surface area contributed by atoms with Crippen LogP contribution in [0.1, 0.15) is 16.9 Å². The molecule has 0 radical (unpaired) electrons. The first-order valence-corrected chi connectivity index (χ1v) is 8.60. The van der Waals surface area contributed by atoms with Crippen molar-refractivity contribution in [2.24, 2.45) is 0 Å². The first-order chi connectivity index (χ1) is 11.4. The van der Waals surface area contributed by atoms with E-state index in [4.69, 9.17) is 21.4 Å². The van der Waals surface area contributed by atoms with Crippen molar-refractivity contribution in [1.29, 1.82) is 0 Å². The first kappa shape index (κ1) is 18.3. The number of aliphatic carboxylic acids is 1. The molecule has 0 bridgehead atoms. The third-order valence-electron chi connectivity index (χ3n) is 3.34. The quantitative estimate of drug-likeness (QED) is 0.775. The van der Waals surface area contributed by atoms with Crippen molar-refractivity contribution in [1.82, 2.24) is 4.90 Å². The number of carbonyl (C=O) groups excluding carboxylic acids is 1. The highest BCUT2D eigenvalue weighted by Crippen LogP contribution is 2.20. The summed E-state index contributed by atoms with van der Waals surface area (Å²) in [7, 11) is 1.76. The number of carboxylic acid groups (broad SMARTS) is 1. The lowest BCUT2D eigenvalue weighted by atomic mass is 10.2. The molecule has 0 atom stereocenters.